The fourth-order valence-corrected chi connectivity index (χ4v) is 4.48. The largest absolute Gasteiger partial charge is 0.469 e. The van der Waals surface area contributed by atoms with E-state index in [9.17, 15) is 0 Å². The molecule has 2 aromatic rings. The summed E-state index contributed by atoms with van der Waals surface area (Å²) in [5.41, 5.74) is 7.74. The molecule has 17 heavy (non-hydrogen) atoms. The van der Waals surface area contributed by atoms with Gasteiger partial charge in [-0.15, -0.1) is 11.3 Å². The molecule has 0 fully saturated rings. The number of hydrogen-bond acceptors (Lipinski definition) is 4. The smallest absolute Gasteiger partial charge is 0.105 e. The van der Waals surface area contributed by atoms with E-state index in [4.69, 9.17) is 10.2 Å². The van der Waals surface area contributed by atoms with Crippen LogP contribution in [0.4, 0.5) is 0 Å². The van der Waals surface area contributed by atoms with Gasteiger partial charge in [-0.2, -0.15) is 11.8 Å². The van der Waals surface area contributed by atoms with Crippen molar-refractivity contribution >= 4 is 23.1 Å². The molecular formula is C13H15NOS2. The molecule has 3 heterocycles. The van der Waals surface area contributed by atoms with Gasteiger partial charge in [0.15, 0.2) is 0 Å². The van der Waals surface area contributed by atoms with Gasteiger partial charge in [-0.1, -0.05) is 0 Å². The number of thioether (sulfide) groups is 1. The van der Waals surface area contributed by atoms with E-state index in [0.29, 0.717) is 0 Å². The highest BCUT2D eigenvalue weighted by atomic mass is 32.2. The summed E-state index contributed by atoms with van der Waals surface area (Å²) in [5.74, 6) is 3.37. The lowest BCUT2D eigenvalue weighted by atomic mass is 10.1. The third kappa shape index (κ3) is 2.44. The zero-order valence-electron chi connectivity index (χ0n) is 9.52. The van der Waals surface area contributed by atoms with Crippen molar-refractivity contribution in [3.05, 3.63) is 45.5 Å². The van der Waals surface area contributed by atoms with Crippen molar-refractivity contribution in [2.75, 3.05) is 5.75 Å². The summed E-state index contributed by atoms with van der Waals surface area (Å²) in [4.78, 5) is 2.84. The van der Waals surface area contributed by atoms with Gasteiger partial charge in [0.25, 0.3) is 0 Å². The molecule has 1 aliphatic rings. The van der Waals surface area contributed by atoms with Crippen molar-refractivity contribution in [1.82, 2.24) is 0 Å². The zero-order valence-corrected chi connectivity index (χ0v) is 11.2. The Morgan fingerprint density at radius 3 is 3.18 bits per heavy atom. The maximum atomic E-state index is 6.24. The average Bonchev–Trinajstić information content (AvgIpc) is 2.96. The number of rotatable bonds is 3. The number of fused-ring (bicyclic) bond motifs is 1. The first-order valence-corrected chi connectivity index (χ1v) is 7.77. The van der Waals surface area contributed by atoms with Crippen molar-refractivity contribution in [3.63, 3.8) is 0 Å². The van der Waals surface area contributed by atoms with Crippen molar-refractivity contribution in [2.24, 2.45) is 5.73 Å². The average molecular weight is 265 g/mol. The number of furan rings is 1. The molecule has 3 rings (SSSR count). The van der Waals surface area contributed by atoms with Gasteiger partial charge in [0.1, 0.15) is 5.76 Å². The molecule has 2 aromatic heterocycles. The molecule has 2 nitrogen and oxygen atoms in total. The molecule has 0 saturated carbocycles. The van der Waals surface area contributed by atoms with Crippen LogP contribution in [-0.4, -0.2) is 5.75 Å². The van der Waals surface area contributed by atoms with Crippen LogP contribution in [0, 0.1) is 0 Å². The van der Waals surface area contributed by atoms with Crippen LogP contribution in [0.25, 0.3) is 0 Å². The zero-order chi connectivity index (χ0) is 11.7. The van der Waals surface area contributed by atoms with Crippen molar-refractivity contribution in [3.8, 4) is 0 Å². The van der Waals surface area contributed by atoms with Crippen molar-refractivity contribution < 1.29 is 4.42 Å². The maximum Gasteiger partial charge on any atom is 0.105 e. The van der Waals surface area contributed by atoms with Crippen molar-refractivity contribution in [2.45, 2.75) is 24.6 Å². The first kappa shape index (κ1) is 11.4. The number of nitrogens with two attached hydrogens (primary N) is 1. The molecule has 0 amide bonds. The third-order valence-corrected chi connectivity index (χ3v) is 5.39. The number of thiophene rings is 1. The molecule has 1 unspecified atom stereocenters. The Hall–Kier alpha value is -0.710. The highest BCUT2D eigenvalue weighted by Crippen LogP contribution is 2.34. The topological polar surface area (TPSA) is 39.2 Å². The van der Waals surface area contributed by atoms with Crippen LogP contribution in [0.5, 0.6) is 0 Å². The maximum absolute atomic E-state index is 6.24. The summed E-state index contributed by atoms with van der Waals surface area (Å²) < 4.78 is 5.35. The van der Waals surface area contributed by atoms with Gasteiger partial charge in [-0.25, -0.2) is 0 Å². The molecule has 1 aliphatic heterocycles. The van der Waals surface area contributed by atoms with Crippen LogP contribution in [0.2, 0.25) is 0 Å². The molecule has 2 N–H and O–H groups in total. The number of aryl methyl sites for hydroxylation is 1. The molecule has 0 saturated heterocycles. The second-order valence-electron chi connectivity index (χ2n) is 4.29. The van der Waals surface area contributed by atoms with E-state index in [0.717, 1.165) is 17.9 Å². The first-order chi connectivity index (χ1) is 8.33. The lowest BCUT2D eigenvalue weighted by molar-refractivity contribution is 0.490. The monoisotopic (exact) mass is 265 g/mol. The van der Waals surface area contributed by atoms with E-state index in [1.165, 1.54) is 27.5 Å². The molecule has 0 radical (unpaired) electrons. The Kier molecular flexibility index (Phi) is 3.27. The highest BCUT2D eigenvalue weighted by molar-refractivity contribution is 7.98. The third-order valence-electron chi connectivity index (χ3n) is 3.01. The quantitative estimate of drug-likeness (QED) is 0.924. The van der Waals surface area contributed by atoms with Gasteiger partial charge in [0.05, 0.1) is 6.26 Å². The minimum atomic E-state index is 0.0711. The summed E-state index contributed by atoms with van der Waals surface area (Å²) in [7, 11) is 0. The Balaban J connectivity index is 1.77. The van der Waals surface area contributed by atoms with Crippen LogP contribution >= 0.6 is 23.1 Å². The SMILES string of the molecule is NC(Cc1ccco1)c1cc2c(s1)CCSC2. The Morgan fingerprint density at radius 1 is 1.47 bits per heavy atom. The van der Waals surface area contributed by atoms with E-state index in [2.05, 4.69) is 6.07 Å². The summed E-state index contributed by atoms with van der Waals surface area (Å²) in [6, 6.07) is 6.27. The van der Waals surface area contributed by atoms with E-state index in [1.54, 1.807) is 6.26 Å². The Morgan fingerprint density at radius 2 is 2.41 bits per heavy atom. The molecule has 90 valence electrons. The second kappa shape index (κ2) is 4.88. The molecule has 1 atom stereocenters. The second-order valence-corrected chi connectivity index (χ2v) is 6.56. The molecule has 0 bridgehead atoms. The van der Waals surface area contributed by atoms with Crippen molar-refractivity contribution in [1.29, 1.82) is 0 Å². The van der Waals surface area contributed by atoms with Crippen LogP contribution in [0.3, 0.4) is 0 Å². The van der Waals surface area contributed by atoms with Crippen LogP contribution in [0.15, 0.2) is 28.9 Å². The van der Waals surface area contributed by atoms with Crippen LogP contribution in [0.1, 0.15) is 27.1 Å². The fourth-order valence-electron chi connectivity index (χ4n) is 2.10. The summed E-state index contributed by atoms with van der Waals surface area (Å²) in [5, 5.41) is 0. The van der Waals surface area contributed by atoms with Gasteiger partial charge >= 0.3 is 0 Å². The normalized spacial score (nSPS) is 16.8. The molecule has 0 spiro atoms. The van der Waals surface area contributed by atoms with Gasteiger partial charge < -0.3 is 10.2 Å². The van der Waals surface area contributed by atoms with Gasteiger partial charge in [0, 0.05) is 28.0 Å². The fraction of sp³-hybridized carbons (Fsp3) is 0.385. The predicted molar refractivity (Wildman–Crippen MR) is 73.5 cm³/mol. The van der Waals surface area contributed by atoms with E-state index < -0.39 is 0 Å². The Bertz CT molecular complexity index is 466. The standard InChI is InChI=1S/C13H15NOS2/c14-11(7-10-2-1-4-15-10)13-6-9-8-16-5-3-12(9)17-13/h1-2,4,6,11H,3,5,7-8,14H2. The molecular weight excluding hydrogens is 250 g/mol. The highest BCUT2D eigenvalue weighted by Gasteiger charge is 2.17. The Labute approximate surface area is 109 Å². The first-order valence-electron chi connectivity index (χ1n) is 5.80. The van der Waals surface area contributed by atoms with Crippen LogP contribution < -0.4 is 5.73 Å². The van der Waals surface area contributed by atoms with E-state index in [1.807, 2.05) is 35.2 Å². The predicted octanol–water partition coefficient (Wildman–Crippen LogP) is 3.37. The van der Waals surface area contributed by atoms with E-state index in [-0.39, 0.29) is 6.04 Å². The summed E-state index contributed by atoms with van der Waals surface area (Å²) >= 11 is 3.90. The van der Waals surface area contributed by atoms with E-state index >= 15 is 0 Å². The van der Waals surface area contributed by atoms with Gasteiger partial charge in [-0.3, -0.25) is 0 Å². The lowest BCUT2D eigenvalue weighted by Crippen LogP contribution is -2.11. The summed E-state index contributed by atoms with van der Waals surface area (Å²) in [6.45, 7) is 0. The lowest BCUT2D eigenvalue weighted by Gasteiger charge is -2.08. The number of hydrogen-bond donors (Lipinski definition) is 1. The van der Waals surface area contributed by atoms with Crippen LogP contribution in [-0.2, 0) is 18.6 Å². The minimum absolute atomic E-state index is 0.0711. The molecule has 0 aliphatic carbocycles. The van der Waals surface area contributed by atoms with Gasteiger partial charge in [0.2, 0.25) is 0 Å². The summed E-state index contributed by atoms with van der Waals surface area (Å²) in [6.07, 6.45) is 3.70. The minimum Gasteiger partial charge on any atom is -0.469 e. The van der Waals surface area contributed by atoms with Gasteiger partial charge in [-0.05, 0) is 35.9 Å². The molecule has 0 aromatic carbocycles. The molecule has 4 heteroatoms.